The number of imidazole rings is 1. The first-order valence-electron chi connectivity index (χ1n) is 6.50. The molecular weight excluding hydrogens is 274 g/mol. The summed E-state index contributed by atoms with van der Waals surface area (Å²) in [5.74, 6) is 0.0650. The quantitative estimate of drug-likeness (QED) is 0.888. The van der Waals surface area contributed by atoms with Crippen molar-refractivity contribution >= 4 is 15.7 Å². The summed E-state index contributed by atoms with van der Waals surface area (Å²) in [4.78, 5) is 7.12. The number of benzene rings is 1. The third-order valence-corrected chi connectivity index (χ3v) is 4.62. The van der Waals surface area contributed by atoms with Crippen molar-refractivity contribution in [1.82, 2.24) is 9.97 Å². The first-order chi connectivity index (χ1) is 9.43. The Kier molecular flexibility index (Phi) is 4.13. The van der Waals surface area contributed by atoms with Crippen LogP contribution in [0.2, 0.25) is 0 Å². The van der Waals surface area contributed by atoms with E-state index in [4.69, 9.17) is 0 Å². The molecule has 0 atom stereocenters. The maximum Gasteiger partial charge on any atom is 0.232 e. The number of nitrogens with one attached hydrogen (secondary N) is 2. The number of sulfonamides is 1. The molecule has 0 aliphatic carbocycles. The Balaban J connectivity index is 2.37. The predicted molar refractivity (Wildman–Crippen MR) is 80.4 cm³/mol. The topological polar surface area (TPSA) is 74.8 Å². The summed E-state index contributed by atoms with van der Waals surface area (Å²) < 4.78 is 26.2. The van der Waals surface area contributed by atoms with Gasteiger partial charge in [0, 0.05) is 12.6 Å². The lowest BCUT2D eigenvalue weighted by molar-refractivity contribution is 0.602. The highest BCUT2D eigenvalue weighted by Crippen LogP contribution is 2.26. The van der Waals surface area contributed by atoms with Gasteiger partial charge in [0.1, 0.15) is 0 Å². The number of aryl methyl sites for hydroxylation is 1. The van der Waals surface area contributed by atoms with Crippen LogP contribution in [0.15, 0.2) is 24.7 Å². The minimum Gasteiger partial charge on any atom is -0.351 e. The molecule has 0 aliphatic heterocycles. The van der Waals surface area contributed by atoms with Gasteiger partial charge in [-0.3, -0.25) is 4.72 Å². The van der Waals surface area contributed by atoms with Crippen LogP contribution in [0.1, 0.15) is 29.3 Å². The molecule has 0 saturated carbocycles. The Bertz CT molecular complexity index is 691. The van der Waals surface area contributed by atoms with Crippen molar-refractivity contribution < 1.29 is 8.42 Å². The van der Waals surface area contributed by atoms with Gasteiger partial charge >= 0.3 is 0 Å². The van der Waals surface area contributed by atoms with E-state index in [1.807, 2.05) is 32.2 Å². The third-order valence-electron chi connectivity index (χ3n) is 3.35. The van der Waals surface area contributed by atoms with Crippen molar-refractivity contribution in [3.63, 3.8) is 0 Å². The van der Waals surface area contributed by atoms with E-state index in [-0.39, 0.29) is 5.75 Å². The van der Waals surface area contributed by atoms with E-state index in [0.29, 0.717) is 12.1 Å². The SMILES string of the molecule is CCS(=O)(=O)Nc1c(C)ccc(Cc2c[nH]cn2)c1C. The summed E-state index contributed by atoms with van der Waals surface area (Å²) in [6.07, 6.45) is 4.16. The van der Waals surface area contributed by atoms with Crippen molar-refractivity contribution in [3.8, 4) is 0 Å². The minimum atomic E-state index is -3.27. The zero-order chi connectivity index (χ0) is 14.8. The molecule has 6 heteroatoms. The highest BCUT2D eigenvalue weighted by molar-refractivity contribution is 7.92. The smallest absolute Gasteiger partial charge is 0.232 e. The zero-order valence-corrected chi connectivity index (χ0v) is 12.7. The number of aromatic amines is 1. The van der Waals surface area contributed by atoms with Gasteiger partial charge in [-0.2, -0.15) is 0 Å². The number of rotatable bonds is 5. The molecule has 0 amide bonds. The Morgan fingerprint density at radius 2 is 2.05 bits per heavy atom. The molecule has 2 aromatic rings. The lowest BCUT2D eigenvalue weighted by Crippen LogP contribution is -2.16. The standard InChI is InChI=1S/C14H19N3O2S/c1-4-20(18,19)17-14-10(2)5-6-12(11(14)3)7-13-8-15-9-16-13/h5-6,8-9,17H,4,7H2,1-3H3,(H,15,16). The van der Waals surface area contributed by atoms with Crippen LogP contribution >= 0.6 is 0 Å². The van der Waals surface area contributed by atoms with Crippen LogP contribution in [-0.4, -0.2) is 24.1 Å². The van der Waals surface area contributed by atoms with Crippen LogP contribution in [0, 0.1) is 13.8 Å². The van der Waals surface area contributed by atoms with Crippen LogP contribution in [0.4, 0.5) is 5.69 Å². The second-order valence-electron chi connectivity index (χ2n) is 4.78. The van der Waals surface area contributed by atoms with Crippen LogP contribution in [0.3, 0.4) is 0 Å². The number of nitrogens with zero attached hydrogens (tertiary/aromatic N) is 1. The molecule has 2 rings (SSSR count). The Morgan fingerprint density at radius 3 is 2.65 bits per heavy atom. The summed E-state index contributed by atoms with van der Waals surface area (Å²) in [5, 5.41) is 0. The number of H-pyrrole nitrogens is 1. The zero-order valence-electron chi connectivity index (χ0n) is 11.9. The van der Waals surface area contributed by atoms with E-state index in [0.717, 1.165) is 22.4 Å². The molecule has 0 unspecified atom stereocenters. The normalized spacial score (nSPS) is 11.6. The Labute approximate surface area is 119 Å². The molecule has 0 fully saturated rings. The van der Waals surface area contributed by atoms with Gasteiger partial charge in [-0.05, 0) is 37.5 Å². The molecule has 0 radical (unpaired) electrons. The molecule has 0 saturated heterocycles. The fourth-order valence-electron chi connectivity index (χ4n) is 2.05. The maximum atomic E-state index is 11.8. The average Bonchev–Trinajstić information content (AvgIpc) is 2.91. The third kappa shape index (κ3) is 3.19. The van der Waals surface area contributed by atoms with E-state index in [9.17, 15) is 8.42 Å². The van der Waals surface area contributed by atoms with Crippen molar-refractivity contribution in [3.05, 3.63) is 47.0 Å². The highest BCUT2D eigenvalue weighted by Gasteiger charge is 2.14. The number of hydrogen-bond donors (Lipinski definition) is 2. The molecule has 5 nitrogen and oxygen atoms in total. The van der Waals surface area contributed by atoms with E-state index in [1.54, 1.807) is 13.3 Å². The molecule has 0 bridgehead atoms. The minimum absolute atomic E-state index is 0.0650. The van der Waals surface area contributed by atoms with Crippen molar-refractivity contribution in [2.75, 3.05) is 10.5 Å². The van der Waals surface area contributed by atoms with Gasteiger partial charge in [-0.15, -0.1) is 0 Å². The van der Waals surface area contributed by atoms with E-state index >= 15 is 0 Å². The Hall–Kier alpha value is -1.82. The van der Waals surface area contributed by atoms with E-state index < -0.39 is 10.0 Å². The van der Waals surface area contributed by atoms with Gasteiger partial charge in [0.05, 0.1) is 23.5 Å². The van der Waals surface area contributed by atoms with Crippen LogP contribution in [-0.2, 0) is 16.4 Å². The number of hydrogen-bond acceptors (Lipinski definition) is 3. The molecule has 1 aromatic heterocycles. The Morgan fingerprint density at radius 1 is 1.30 bits per heavy atom. The molecular formula is C14H19N3O2S. The van der Waals surface area contributed by atoms with Crippen LogP contribution in [0.5, 0.6) is 0 Å². The number of anilines is 1. The summed E-state index contributed by atoms with van der Waals surface area (Å²) >= 11 is 0. The first kappa shape index (κ1) is 14.6. The van der Waals surface area contributed by atoms with Crippen LogP contribution < -0.4 is 4.72 Å². The van der Waals surface area contributed by atoms with Crippen molar-refractivity contribution in [2.24, 2.45) is 0 Å². The molecule has 1 aromatic carbocycles. The molecule has 0 aliphatic rings. The van der Waals surface area contributed by atoms with Gasteiger partial charge in [0.2, 0.25) is 10.0 Å². The molecule has 20 heavy (non-hydrogen) atoms. The maximum absolute atomic E-state index is 11.8. The van der Waals surface area contributed by atoms with Gasteiger partial charge in [0.15, 0.2) is 0 Å². The fraction of sp³-hybridized carbons (Fsp3) is 0.357. The molecule has 108 valence electrons. The second kappa shape index (κ2) is 5.66. The van der Waals surface area contributed by atoms with Gasteiger partial charge < -0.3 is 4.98 Å². The first-order valence-corrected chi connectivity index (χ1v) is 8.15. The highest BCUT2D eigenvalue weighted by atomic mass is 32.2. The van der Waals surface area contributed by atoms with Gasteiger partial charge in [0.25, 0.3) is 0 Å². The second-order valence-corrected chi connectivity index (χ2v) is 6.80. The lowest BCUT2D eigenvalue weighted by Gasteiger charge is -2.15. The van der Waals surface area contributed by atoms with Crippen molar-refractivity contribution in [1.29, 1.82) is 0 Å². The summed E-state index contributed by atoms with van der Waals surface area (Å²) in [7, 11) is -3.27. The summed E-state index contributed by atoms with van der Waals surface area (Å²) in [5.41, 5.74) is 4.55. The summed E-state index contributed by atoms with van der Waals surface area (Å²) in [6, 6.07) is 3.95. The van der Waals surface area contributed by atoms with Gasteiger partial charge in [-0.25, -0.2) is 13.4 Å². The number of aromatic nitrogens is 2. The van der Waals surface area contributed by atoms with Gasteiger partial charge in [-0.1, -0.05) is 12.1 Å². The van der Waals surface area contributed by atoms with Crippen LogP contribution in [0.25, 0.3) is 0 Å². The van der Waals surface area contributed by atoms with Crippen molar-refractivity contribution in [2.45, 2.75) is 27.2 Å². The molecule has 2 N–H and O–H groups in total. The molecule has 1 heterocycles. The van der Waals surface area contributed by atoms with E-state index in [2.05, 4.69) is 14.7 Å². The monoisotopic (exact) mass is 293 g/mol. The fourth-order valence-corrected chi connectivity index (χ4v) is 2.82. The lowest BCUT2D eigenvalue weighted by atomic mass is 9.99. The summed E-state index contributed by atoms with van der Waals surface area (Å²) in [6.45, 7) is 5.46. The average molecular weight is 293 g/mol. The van der Waals surface area contributed by atoms with E-state index in [1.165, 1.54) is 0 Å². The predicted octanol–water partition coefficient (Wildman–Crippen LogP) is 2.38. The molecule has 0 spiro atoms. The largest absolute Gasteiger partial charge is 0.351 e.